The van der Waals surface area contributed by atoms with Crippen molar-refractivity contribution in [2.75, 3.05) is 13.7 Å². The van der Waals surface area contributed by atoms with Crippen LogP contribution < -0.4 is 10.8 Å². The Bertz CT molecular complexity index is 606. The van der Waals surface area contributed by atoms with Crippen LogP contribution in [0.15, 0.2) is 12.1 Å². The zero-order chi connectivity index (χ0) is 17.9. The maximum Gasteiger partial charge on any atom is 0.338 e. The molecule has 3 atom stereocenters. The molecule has 3 unspecified atom stereocenters. The lowest BCUT2D eigenvalue weighted by Gasteiger charge is -2.22. The van der Waals surface area contributed by atoms with Gasteiger partial charge in [-0.25, -0.2) is 10.3 Å². The van der Waals surface area contributed by atoms with E-state index in [-0.39, 0.29) is 11.7 Å². The van der Waals surface area contributed by atoms with Crippen LogP contribution >= 0.6 is 0 Å². The van der Waals surface area contributed by atoms with E-state index in [4.69, 9.17) is 0 Å². The fourth-order valence-corrected chi connectivity index (χ4v) is 3.75. The maximum absolute atomic E-state index is 12.5. The van der Waals surface area contributed by atoms with Gasteiger partial charge in [0.25, 0.3) is 0 Å². The van der Waals surface area contributed by atoms with Gasteiger partial charge in [0.15, 0.2) is 0 Å². The smallest absolute Gasteiger partial charge is 0.338 e. The second kappa shape index (κ2) is 7.77. The molecule has 1 aromatic carbocycles. The number of benzene rings is 1. The first kappa shape index (κ1) is 18.4. The molecule has 0 bridgehead atoms. The minimum Gasteiger partial charge on any atom is -0.392 e. The van der Waals surface area contributed by atoms with Crippen molar-refractivity contribution < 1.29 is 19.5 Å². The normalized spacial score (nSPS) is 23.4. The Hall–Kier alpha value is -1.92. The number of Topliss-reactive ketones (excluding diaryl/α,β-unsaturated/α-hetero) is 1. The van der Waals surface area contributed by atoms with Crippen LogP contribution in [-0.4, -0.2) is 36.7 Å². The topological polar surface area (TPSA) is 87.7 Å². The number of amides is 2. The van der Waals surface area contributed by atoms with Gasteiger partial charge >= 0.3 is 6.03 Å². The third-order valence-electron chi connectivity index (χ3n) is 4.68. The summed E-state index contributed by atoms with van der Waals surface area (Å²) in [6.07, 6.45) is 0.168. The van der Waals surface area contributed by atoms with E-state index in [2.05, 4.69) is 15.6 Å². The van der Waals surface area contributed by atoms with Gasteiger partial charge in [0.05, 0.1) is 19.1 Å². The number of aryl methyl sites for hydroxylation is 3. The van der Waals surface area contributed by atoms with Crippen LogP contribution in [0.3, 0.4) is 0 Å². The third-order valence-corrected chi connectivity index (χ3v) is 4.68. The van der Waals surface area contributed by atoms with Gasteiger partial charge in [-0.15, -0.1) is 0 Å². The van der Waals surface area contributed by atoms with E-state index in [9.17, 15) is 14.7 Å². The van der Waals surface area contributed by atoms with E-state index in [0.29, 0.717) is 19.4 Å². The predicted octanol–water partition coefficient (Wildman–Crippen LogP) is 1.90. The standard InChI is InChI=1S/C18H26N2O4/c1-10-7-11(2)15(12(3)8-10)16-14(21)9-13(17(16)22)5-6-19-18(23)20-24-4/h7-8,13,16-17,22H,5-6,9H2,1-4H3,(H2,19,20,23). The van der Waals surface area contributed by atoms with Crippen molar-refractivity contribution >= 4 is 11.8 Å². The minimum atomic E-state index is -0.718. The summed E-state index contributed by atoms with van der Waals surface area (Å²) in [4.78, 5) is 28.3. The van der Waals surface area contributed by atoms with Crippen molar-refractivity contribution in [1.29, 1.82) is 0 Å². The van der Waals surface area contributed by atoms with E-state index in [1.165, 1.54) is 7.11 Å². The highest BCUT2D eigenvalue weighted by Crippen LogP contribution is 2.40. The summed E-state index contributed by atoms with van der Waals surface area (Å²) in [6.45, 7) is 6.37. The summed E-state index contributed by atoms with van der Waals surface area (Å²) in [7, 11) is 1.36. The largest absolute Gasteiger partial charge is 0.392 e. The summed E-state index contributed by atoms with van der Waals surface area (Å²) in [5.41, 5.74) is 6.36. The summed E-state index contributed by atoms with van der Waals surface area (Å²) in [5, 5.41) is 13.3. The molecule has 0 saturated heterocycles. The van der Waals surface area contributed by atoms with E-state index in [1.54, 1.807) is 0 Å². The van der Waals surface area contributed by atoms with Crippen molar-refractivity contribution in [3.05, 3.63) is 34.4 Å². The number of ketones is 1. The van der Waals surface area contributed by atoms with Gasteiger partial charge in [-0.1, -0.05) is 17.7 Å². The molecule has 0 aromatic heterocycles. The Morgan fingerprint density at radius 1 is 1.29 bits per heavy atom. The summed E-state index contributed by atoms with van der Waals surface area (Å²) >= 11 is 0. The highest BCUT2D eigenvalue weighted by molar-refractivity contribution is 5.90. The Labute approximate surface area is 142 Å². The zero-order valence-electron chi connectivity index (χ0n) is 14.7. The van der Waals surface area contributed by atoms with Crippen LogP contribution in [0.5, 0.6) is 0 Å². The molecule has 1 aromatic rings. The molecule has 6 nitrogen and oxygen atoms in total. The molecule has 1 fully saturated rings. The van der Waals surface area contributed by atoms with Gasteiger partial charge in [-0.3, -0.25) is 9.63 Å². The third kappa shape index (κ3) is 3.94. The van der Waals surface area contributed by atoms with Crippen molar-refractivity contribution in [2.45, 2.75) is 45.6 Å². The maximum atomic E-state index is 12.5. The SMILES string of the molecule is CONC(=O)NCCC1CC(=O)C(c2c(C)cc(C)cc2C)C1O. The first-order valence-electron chi connectivity index (χ1n) is 8.20. The molecule has 0 heterocycles. The number of hydrogen-bond donors (Lipinski definition) is 3. The van der Waals surface area contributed by atoms with Crippen LogP contribution in [0.1, 0.15) is 41.0 Å². The Morgan fingerprint density at radius 2 is 1.92 bits per heavy atom. The van der Waals surface area contributed by atoms with Crippen molar-refractivity contribution in [1.82, 2.24) is 10.8 Å². The fourth-order valence-electron chi connectivity index (χ4n) is 3.75. The van der Waals surface area contributed by atoms with E-state index < -0.39 is 18.1 Å². The first-order chi connectivity index (χ1) is 11.3. The van der Waals surface area contributed by atoms with Crippen molar-refractivity contribution in [2.24, 2.45) is 5.92 Å². The average molecular weight is 334 g/mol. The van der Waals surface area contributed by atoms with Crippen molar-refractivity contribution in [3.8, 4) is 0 Å². The number of hydrogen-bond acceptors (Lipinski definition) is 4. The molecule has 2 rings (SSSR count). The molecular weight excluding hydrogens is 308 g/mol. The molecule has 3 N–H and O–H groups in total. The lowest BCUT2D eigenvalue weighted by molar-refractivity contribution is -0.119. The molecule has 1 aliphatic carbocycles. The number of nitrogens with one attached hydrogen (secondary N) is 2. The molecule has 132 valence electrons. The molecule has 0 radical (unpaired) electrons. The highest BCUT2D eigenvalue weighted by atomic mass is 16.6. The van der Waals surface area contributed by atoms with Gasteiger partial charge in [0.2, 0.25) is 0 Å². The van der Waals surface area contributed by atoms with Crippen LogP contribution in [0.4, 0.5) is 4.79 Å². The molecule has 2 amide bonds. The van der Waals surface area contributed by atoms with Gasteiger partial charge in [-0.05, 0) is 49.8 Å². The van der Waals surface area contributed by atoms with Crippen LogP contribution in [0, 0.1) is 26.7 Å². The van der Waals surface area contributed by atoms with Crippen LogP contribution in [0.2, 0.25) is 0 Å². The minimum absolute atomic E-state index is 0.0731. The number of carbonyl (C=O) groups is 2. The monoisotopic (exact) mass is 334 g/mol. The second-order valence-electron chi connectivity index (χ2n) is 6.56. The summed E-state index contributed by atoms with van der Waals surface area (Å²) in [6, 6.07) is 3.66. The lowest BCUT2D eigenvalue weighted by Crippen LogP contribution is -2.36. The molecule has 1 saturated carbocycles. The molecule has 6 heteroatoms. The quantitative estimate of drug-likeness (QED) is 0.718. The molecule has 0 spiro atoms. The van der Waals surface area contributed by atoms with Crippen molar-refractivity contribution in [3.63, 3.8) is 0 Å². The number of rotatable bonds is 5. The average Bonchev–Trinajstić information content (AvgIpc) is 2.74. The number of aliphatic hydroxyl groups is 1. The zero-order valence-corrected chi connectivity index (χ0v) is 14.7. The number of carbonyl (C=O) groups excluding carboxylic acids is 2. The molecule has 24 heavy (non-hydrogen) atoms. The highest BCUT2D eigenvalue weighted by Gasteiger charge is 2.42. The second-order valence-corrected chi connectivity index (χ2v) is 6.56. The van der Waals surface area contributed by atoms with E-state index >= 15 is 0 Å². The van der Waals surface area contributed by atoms with Gasteiger partial charge in [0.1, 0.15) is 5.78 Å². The summed E-state index contributed by atoms with van der Waals surface area (Å²) in [5.74, 6) is -0.544. The Balaban J connectivity index is 2.07. The first-order valence-corrected chi connectivity index (χ1v) is 8.20. The van der Waals surface area contributed by atoms with E-state index in [0.717, 1.165) is 22.3 Å². The Kier molecular flexibility index (Phi) is 5.96. The number of aliphatic hydroxyl groups excluding tert-OH is 1. The predicted molar refractivity (Wildman–Crippen MR) is 90.7 cm³/mol. The Morgan fingerprint density at radius 3 is 2.50 bits per heavy atom. The molecule has 0 aliphatic heterocycles. The number of hydroxylamine groups is 1. The van der Waals surface area contributed by atoms with Gasteiger partial charge < -0.3 is 10.4 Å². The fraction of sp³-hybridized carbons (Fsp3) is 0.556. The van der Waals surface area contributed by atoms with Crippen LogP contribution in [-0.2, 0) is 9.63 Å². The van der Waals surface area contributed by atoms with E-state index in [1.807, 2.05) is 32.9 Å². The summed E-state index contributed by atoms with van der Waals surface area (Å²) < 4.78 is 0. The van der Waals surface area contributed by atoms with Gasteiger partial charge in [-0.2, -0.15) is 0 Å². The lowest BCUT2D eigenvalue weighted by atomic mass is 9.85. The number of urea groups is 1. The molecule has 1 aliphatic rings. The molecular formula is C18H26N2O4. The van der Waals surface area contributed by atoms with Gasteiger partial charge in [0, 0.05) is 13.0 Å². The van der Waals surface area contributed by atoms with Crippen LogP contribution in [0.25, 0.3) is 0 Å².